The van der Waals surface area contributed by atoms with Crippen molar-refractivity contribution in [2.24, 2.45) is 11.0 Å². The molecule has 1 amide bonds. The molecule has 2 fully saturated rings. The molecular weight excluding hydrogens is 469 g/mol. The van der Waals surface area contributed by atoms with Gasteiger partial charge in [-0.25, -0.2) is 8.42 Å². The van der Waals surface area contributed by atoms with Gasteiger partial charge in [0.15, 0.2) is 0 Å². The second-order valence-electron chi connectivity index (χ2n) is 10.3. The summed E-state index contributed by atoms with van der Waals surface area (Å²) in [5, 5.41) is 4.26. The number of amides is 1. The summed E-state index contributed by atoms with van der Waals surface area (Å²) in [6.45, 7) is 6.29. The third-order valence-corrected chi connectivity index (χ3v) is 9.66. The zero-order valence-corrected chi connectivity index (χ0v) is 20.4. The van der Waals surface area contributed by atoms with Crippen LogP contribution in [0.2, 0.25) is 0 Å². The van der Waals surface area contributed by atoms with Crippen molar-refractivity contribution in [2.45, 2.75) is 62.9 Å². The average Bonchev–Trinajstić information content (AvgIpc) is 3.21. The van der Waals surface area contributed by atoms with Gasteiger partial charge in [-0.3, -0.25) is 4.79 Å². The number of hydrogen-bond donors (Lipinski definition) is 1. The summed E-state index contributed by atoms with van der Waals surface area (Å²) in [7, 11) is -3.48. The number of fused-ring (bicyclic) bond motifs is 1. The van der Waals surface area contributed by atoms with Crippen LogP contribution in [0.4, 0.5) is 13.2 Å². The van der Waals surface area contributed by atoms with Gasteiger partial charge in [0, 0.05) is 32.1 Å². The minimum absolute atomic E-state index is 0.178. The van der Waals surface area contributed by atoms with E-state index in [2.05, 4.69) is 10.5 Å². The summed E-state index contributed by atoms with van der Waals surface area (Å²) in [4.78, 5) is 14.9. The number of rotatable bonds is 3. The van der Waals surface area contributed by atoms with Gasteiger partial charge in [0.1, 0.15) is 5.71 Å². The number of carbonyl (C=O) groups is 1. The molecule has 0 aliphatic carbocycles. The smallest absolute Gasteiger partial charge is 0.337 e. The van der Waals surface area contributed by atoms with Crippen LogP contribution >= 0.6 is 0 Å². The van der Waals surface area contributed by atoms with E-state index >= 15 is 0 Å². The van der Waals surface area contributed by atoms with E-state index in [-0.39, 0.29) is 35.9 Å². The van der Waals surface area contributed by atoms with Gasteiger partial charge < -0.3 is 10.3 Å². The highest BCUT2D eigenvalue weighted by Gasteiger charge is 2.46. The van der Waals surface area contributed by atoms with E-state index in [1.165, 1.54) is 16.4 Å². The van der Waals surface area contributed by atoms with Gasteiger partial charge in [0.2, 0.25) is 10.0 Å². The summed E-state index contributed by atoms with van der Waals surface area (Å²) in [5.41, 5.74) is 3.02. The number of nitrogens with zero attached hydrogens (tertiary/aromatic N) is 3. The van der Waals surface area contributed by atoms with Crippen LogP contribution in [0.3, 0.4) is 0 Å². The fraction of sp³-hybridized carbons (Fsp3) is 0.652. The lowest BCUT2D eigenvalue weighted by Gasteiger charge is -2.38. The van der Waals surface area contributed by atoms with Gasteiger partial charge in [0.05, 0.1) is 16.4 Å². The lowest BCUT2D eigenvalue weighted by molar-refractivity contribution is -0.138. The van der Waals surface area contributed by atoms with Crippen LogP contribution in [0.25, 0.3) is 0 Å². The van der Waals surface area contributed by atoms with Crippen molar-refractivity contribution < 1.29 is 26.4 Å². The number of hydrogen-bond acceptors (Lipinski definition) is 5. The Kier molecular flexibility index (Phi) is 6.48. The fourth-order valence-corrected chi connectivity index (χ4v) is 6.57. The van der Waals surface area contributed by atoms with Crippen LogP contribution in [-0.2, 0) is 21.0 Å². The number of sulfonamides is 1. The van der Waals surface area contributed by atoms with Crippen molar-refractivity contribution in [2.75, 3.05) is 26.2 Å². The van der Waals surface area contributed by atoms with Crippen LogP contribution in [0.1, 0.15) is 57.1 Å². The summed E-state index contributed by atoms with van der Waals surface area (Å²) in [5.74, 6) is -0.651. The first-order chi connectivity index (χ1) is 15.8. The Hall–Kier alpha value is -2.14. The van der Waals surface area contributed by atoms with E-state index in [0.29, 0.717) is 44.6 Å². The van der Waals surface area contributed by atoms with Crippen molar-refractivity contribution in [3.8, 4) is 0 Å². The molecule has 1 aromatic carbocycles. The first kappa shape index (κ1) is 25.0. The maximum absolute atomic E-state index is 13.4. The lowest BCUT2D eigenvalue weighted by atomic mass is 9.85. The van der Waals surface area contributed by atoms with Gasteiger partial charge in [-0.2, -0.15) is 22.6 Å². The van der Waals surface area contributed by atoms with Gasteiger partial charge in [0.25, 0.3) is 5.91 Å². The van der Waals surface area contributed by atoms with Crippen LogP contribution < -0.4 is 5.43 Å². The monoisotopic (exact) mass is 500 g/mol. The van der Waals surface area contributed by atoms with E-state index in [4.69, 9.17) is 0 Å². The normalized spacial score (nSPS) is 25.0. The standard InChI is InChI=1S/C23H31F3N4O3S/c1-22(2,3)34(32,33)30-13-10-17-19(14-30)27-28-20(17)21(31)29-11-8-15(9-12-29)16-6-4-5-7-18(16)23(24,25)26/h4-7,15,17,19,27H,8-14H2,1-3H3. The molecule has 4 rings (SSSR count). The summed E-state index contributed by atoms with van der Waals surface area (Å²) >= 11 is 0. The first-order valence-electron chi connectivity index (χ1n) is 11.6. The highest BCUT2D eigenvalue weighted by molar-refractivity contribution is 7.90. The Morgan fingerprint density at radius 2 is 1.71 bits per heavy atom. The molecule has 1 aromatic rings. The predicted octanol–water partition coefficient (Wildman–Crippen LogP) is 3.19. The number of alkyl halides is 3. The molecule has 2 saturated heterocycles. The Bertz CT molecular complexity index is 1070. The van der Waals surface area contributed by atoms with Crippen LogP contribution in [0.5, 0.6) is 0 Å². The third-order valence-electron chi connectivity index (χ3n) is 7.10. The maximum atomic E-state index is 13.4. The third kappa shape index (κ3) is 4.56. The highest BCUT2D eigenvalue weighted by atomic mass is 32.2. The van der Waals surface area contributed by atoms with Crippen molar-refractivity contribution >= 4 is 21.6 Å². The lowest BCUT2D eigenvalue weighted by Crippen LogP contribution is -2.55. The topological polar surface area (TPSA) is 82.1 Å². The van der Waals surface area contributed by atoms with Gasteiger partial charge in [-0.05, 0) is 57.6 Å². The summed E-state index contributed by atoms with van der Waals surface area (Å²) in [6.07, 6.45) is -3.01. The largest absolute Gasteiger partial charge is 0.416 e. The Balaban J connectivity index is 1.38. The van der Waals surface area contributed by atoms with Crippen LogP contribution in [0.15, 0.2) is 29.4 Å². The van der Waals surface area contributed by atoms with E-state index in [1.807, 2.05) is 0 Å². The molecule has 7 nitrogen and oxygen atoms in total. The van der Waals surface area contributed by atoms with Crippen LogP contribution in [0, 0.1) is 5.92 Å². The Morgan fingerprint density at radius 3 is 2.32 bits per heavy atom. The second kappa shape index (κ2) is 8.82. The highest BCUT2D eigenvalue weighted by Crippen LogP contribution is 2.39. The van der Waals surface area contributed by atoms with E-state index in [9.17, 15) is 26.4 Å². The summed E-state index contributed by atoms with van der Waals surface area (Å²) < 4.78 is 66.4. The molecule has 3 aliphatic rings. The van der Waals surface area contributed by atoms with E-state index in [0.717, 1.165) is 6.07 Å². The molecule has 3 aliphatic heterocycles. The number of hydrazone groups is 1. The SMILES string of the molecule is CC(C)(C)S(=O)(=O)N1CCC2C(C(=O)N3CCC(c4ccccc4C(F)(F)F)CC3)=NNC2C1. The van der Waals surface area contributed by atoms with Gasteiger partial charge in [-0.15, -0.1) is 0 Å². The second-order valence-corrected chi connectivity index (χ2v) is 12.9. The quantitative estimate of drug-likeness (QED) is 0.691. The van der Waals surface area contributed by atoms with E-state index in [1.54, 1.807) is 31.7 Å². The minimum Gasteiger partial charge on any atom is -0.337 e. The number of likely N-dealkylation sites (tertiary alicyclic amines) is 1. The Morgan fingerprint density at radius 1 is 1.06 bits per heavy atom. The molecule has 2 atom stereocenters. The van der Waals surface area contributed by atoms with Crippen molar-refractivity contribution in [1.82, 2.24) is 14.6 Å². The fourth-order valence-electron chi connectivity index (χ4n) is 5.09. The molecule has 34 heavy (non-hydrogen) atoms. The van der Waals surface area contributed by atoms with Crippen LogP contribution in [-0.4, -0.2) is 66.2 Å². The molecule has 0 saturated carbocycles. The number of piperidine rings is 2. The molecule has 0 bridgehead atoms. The molecular formula is C23H31F3N4O3S. The zero-order chi connectivity index (χ0) is 24.9. The number of carbonyl (C=O) groups excluding carboxylic acids is 1. The van der Waals surface area contributed by atoms with E-state index < -0.39 is 26.5 Å². The Labute approximate surface area is 198 Å². The number of halogens is 3. The molecule has 188 valence electrons. The average molecular weight is 501 g/mol. The molecule has 0 spiro atoms. The minimum atomic E-state index is -4.40. The van der Waals surface area contributed by atoms with Gasteiger partial charge in [-0.1, -0.05) is 18.2 Å². The molecule has 2 unspecified atom stereocenters. The maximum Gasteiger partial charge on any atom is 0.416 e. The molecule has 3 heterocycles. The number of benzene rings is 1. The predicted molar refractivity (Wildman–Crippen MR) is 123 cm³/mol. The van der Waals surface area contributed by atoms with Crippen molar-refractivity contribution in [3.63, 3.8) is 0 Å². The number of nitrogens with one attached hydrogen (secondary N) is 1. The molecule has 0 radical (unpaired) electrons. The van der Waals surface area contributed by atoms with Crippen molar-refractivity contribution in [3.05, 3.63) is 35.4 Å². The van der Waals surface area contributed by atoms with Crippen molar-refractivity contribution in [1.29, 1.82) is 0 Å². The molecule has 0 aromatic heterocycles. The molecule has 1 N–H and O–H groups in total. The zero-order valence-electron chi connectivity index (χ0n) is 19.6. The van der Waals surface area contributed by atoms with Gasteiger partial charge >= 0.3 is 6.18 Å². The summed E-state index contributed by atoms with van der Waals surface area (Å²) in [6, 6.07) is 5.39. The molecule has 11 heteroatoms. The first-order valence-corrected chi connectivity index (χ1v) is 13.0.